The molecule has 0 radical (unpaired) electrons. The maximum atomic E-state index is 14.2. The number of halogens is 1. The monoisotopic (exact) mass is 560 g/mol. The summed E-state index contributed by atoms with van der Waals surface area (Å²) in [6.07, 6.45) is 0.520. The molecule has 2 aromatic carbocycles. The fraction of sp³-hybridized carbons (Fsp3) is 0.406. The number of hydrogen-bond donors (Lipinski definition) is 1. The molecule has 0 aliphatic carbocycles. The number of benzene rings is 2. The maximum Gasteiger partial charge on any atom is 0.264 e. The first kappa shape index (κ1) is 28.0. The average molecular weight is 561 g/mol. The summed E-state index contributed by atoms with van der Waals surface area (Å²) in [5, 5.41) is 4.44. The van der Waals surface area contributed by atoms with E-state index in [1.54, 1.807) is 35.4 Å². The van der Waals surface area contributed by atoms with Gasteiger partial charge in [0.05, 0.1) is 22.7 Å². The molecular weight excluding hydrogens is 523 g/mol. The number of alkyl halides is 1. The van der Waals surface area contributed by atoms with Crippen molar-refractivity contribution in [1.82, 2.24) is 14.5 Å². The number of nitrogens with one attached hydrogen (secondary N) is 1. The van der Waals surface area contributed by atoms with Crippen molar-refractivity contribution in [1.29, 1.82) is 0 Å². The number of fused-ring (bicyclic) bond motifs is 2. The fourth-order valence-corrected chi connectivity index (χ4v) is 6.99. The Kier molecular flexibility index (Phi) is 7.11. The highest BCUT2D eigenvalue weighted by atomic mass is 32.1. The van der Waals surface area contributed by atoms with E-state index in [9.17, 15) is 14.0 Å². The Morgan fingerprint density at radius 3 is 2.33 bits per heavy atom. The number of thiophene rings is 1. The van der Waals surface area contributed by atoms with Gasteiger partial charge in [0.15, 0.2) is 0 Å². The summed E-state index contributed by atoms with van der Waals surface area (Å²) in [6.45, 7) is 14.9. The summed E-state index contributed by atoms with van der Waals surface area (Å²) in [6, 6.07) is 7.33. The SMILES string of the molecule is Cc1c(C)c(C)c2c(C)c(C(=O)N3CCc4nc(NCc5ccc(C(C)(C)F)cc5)n(C)c(=O)c4C3)sc2c1C. The predicted molar refractivity (Wildman–Crippen MR) is 161 cm³/mol. The van der Waals surface area contributed by atoms with Crippen LogP contribution in [0.25, 0.3) is 10.1 Å². The standard InChI is InChI=1S/C32H37FN4O2S/c1-17-18(2)20(4)27-26(19(17)3)21(5)28(40-27)30(39)37-14-13-25-24(16-37)29(38)36(8)31(35-25)34-15-22-9-11-23(12-10-22)32(6,7)33/h9-12H,13-16H2,1-8H3,(H,34,35). The van der Waals surface area contributed by atoms with E-state index >= 15 is 0 Å². The Hall–Kier alpha value is -3.52. The number of aromatic nitrogens is 2. The van der Waals surface area contributed by atoms with Gasteiger partial charge >= 0.3 is 0 Å². The highest BCUT2D eigenvalue weighted by molar-refractivity contribution is 7.21. The average Bonchev–Trinajstić information content (AvgIpc) is 3.28. The molecule has 0 atom stereocenters. The molecule has 1 amide bonds. The van der Waals surface area contributed by atoms with Gasteiger partial charge in [-0.2, -0.15) is 0 Å². The summed E-state index contributed by atoms with van der Waals surface area (Å²) < 4.78 is 16.9. The van der Waals surface area contributed by atoms with Gasteiger partial charge in [-0.05, 0) is 92.8 Å². The number of carbonyl (C=O) groups is 1. The molecule has 3 heterocycles. The molecule has 4 aromatic rings. The van der Waals surface area contributed by atoms with Crippen LogP contribution in [0.4, 0.5) is 10.3 Å². The third kappa shape index (κ3) is 4.72. The minimum atomic E-state index is -1.39. The van der Waals surface area contributed by atoms with Gasteiger partial charge in [-0.25, -0.2) is 9.37 Å². The number of anilines is 1. The Balaban J connectivity index is 1.38. The van der Waals surface area contributed by atoms with E-state index in [0.717, 1.165) is 21.7 Å². The number of rotatable bonds is 5. The van der Waals surface area contributed by atoms with Gasteiger partial charge in [0.25, 0.3) is 11.5 Å². The van der Waals surface area contributed by atoms with E-state index in [4.69, 9.17) is 4.98 Å². The summed E-state index contributed by atoms with van der Waals surface area (Å²) in [5.41, 5.74) is 7.38. The first-order chi connectivity index (χ1) is 18.8. The molecule has 0 bridgehead atoms. The number of aryl methyl sites for hydroxylation is 3. The molecule has 0 spiro atoms. The Bertz CT molecular complexity index is 1710. The zero-order chi connectivity index (χ0) is 29.1. The second-order valence-electron chi connectivity index (χ2n) is 11.5. The van der Waals surface area contributed by atoms with Crippen LogP contribution in [0.1, 0.15) is 73.7 Å². The summed E-state index contributed by atoms with van der Waals surface area (Å²) >= 11 is 1.57. The van der Waals surface area contributed by atoms with Gasteiger partial charge in [-0.3, -0.25) is 14.2 Å². The normalized spacial score (nSPS) is 13.6. The van der Waals surface area contributed by atoms with E-state index in [1.807, 2.05) is 19.1 Å². The van der Waals surface area contributed by atoms with Gasteiger partial charge in [0.2, 0.25) is 5.95 Å². The van der Waals surface area contributed by atoms with Crippen molar-refractivity contribution >= 4 is 33.3 Å². The van der Waals surface area contributed by atoms with E-state index < -0.39 is 5.67 Å². The molecule has 1 N–H and O–H groups in total. The van der Waals surface area contributed by atoms with Crippen LogP contribution in [0.3, 0.4) is 0 Å². The minimum absolute atomic E-state index is 0.0254. The van der Waals surface area contributed by atoms with Crippen molar-refractivity contribution in [2.75, 3.05) is 11.9 Å². The van der Waals surface area contributed by atoms with Crippen molar-refractivity contribution in [2.45, 2.75) is 73.6 Å². The first-order valence-electron chi connectivity index (χ1n) is 13.7. The second-order valence-corrected chi connectivity index (χ2v) is 12.5. The molecule has 6 nitrogen and oxygen atoms in total. The Labute approximate surface area is 238 Å². The molecule has 40 heavy (non-hydrogen) atoms. The van der Waals surface area contributed by atoms with Crippen LogP contribution < -0.4 is 10.9 Å². The summed E-state index contributed by atoms with van der Waals surface area (Å²) in [5.74, 6) is 0.457. The van der Waals surface area contributed by atoms with Crippen molar-refractivity contribution in [3.63, 3.8) is 0 Å². The van der Waals surface area contributed by atoms with Gasteiger partial charge in [0.1, 0.15) is 5.67 Å². The Morgan fingerprint density at radius 2 is 1.68 bits per heavy atom. The third-order valence-corrected chi connectivity index (χ3v) is 9.96. The third-order valence-electron chi connectivity index (χ3n) is 8.56. The van der Waals surface area contributed by atoms with E-state index in [1.165, 1.54) is 50.8 Å². The van der Waals surface area contributed by atoms with Crippen LogP contribution in [-0.4, -0.2) is 26.9 Å². The summed E-state index contributed by atoms with van der Waals surface area (Å²) in [4.78, 5) is 34.5. The highest BCUT2D eigenvalue weighted by Crippen LogP contribution is 2.39. The van der Waals surface area contributed by atoms with Gasteiger partial charge in [0, 0.05) is 31.3 Å². The minimum Gasteiger partial charge on any atom is -0.351 e. The number of hydrogen-bond acceptors (Lipinski definition) is 5. The first-order valence-corrected chi connectivity index (χ1v) is 14.5. The molecular formula is C32H37FN4O2S. The molecule has 2 aromatic heterocycles. The van der Waals surface area contributed by atoms with Crippen molar-refractivity contribution in [2.24, 2.45) is 7.05 Å². The lowest BCUT2D eigenvalue weighted by molar-refractivity contribution is 0.0736. The Morgan fingerprint density at radius 1 is 1.02 bits per heavy atom. The topological polar surface area (TPSA) is 67.2 Å². The molecule has 8 heteroatoms. The van der Waals surface area contributed by atoms with Crippen LogP contribution in [0, 0.1) is 34.6 Å². The molecule has 0 saturated carbocycles. The lowest BCUT2D eigenvalue weighted by atomic mass is 9.94. The summed E-state index contributed by atoms with van der Waals surface area (Å²) in [7, 11) is 1.69. The zero-order valence-electron chi connectivity index (χ0n) is 24.6. The molecule has 0 fully saturated rings. The highest BCUT2D eigenvalue weighted by Gasteiger charge is 2.29. The lowest BCUT2D eigenvalue weighted by Crippen LogP contribution is -2.41. The predicted octanol–water partition coefficient (Wildman–Crippen LogP) is 6.55. The molecule has 210 valence electrons. The van der Waals surface area contributed by atoms with Crippen LogP contribution in [0.5, 0.6) is 0 Å². The van der Waals surface area contributed by atoms with E-state index in [-0.39, 0.29) is 18.0 Å². The van der Waals surface area contributed by atoms with Crippen molar-refractivity contribution in [3.05, 3.63) is 89.7 Å². The van der Waals surface area contributed by atoms with Crippen molar-refractivity contribution in [3.8, 4) is 0 Å². The largest absolute Gasteiger partial charge is 0.351 e. The van der Waals surface area contributed by atoms with Crippen LogP contribution >= 0.6 is 11.3 Å². The lowest BCUT2D eigenvalue weighted by Gasteiger charge is -2.28. The van der Waals surface area contributed by atoms with Gasteiger partial charge < -0.3 is 10.2 Å². The maximum absolute atomic E-state index is 14.2. The molecule has 1 aliphatic heterocycles. The van der Waals surface area contributed by atoms with Crippen LogP contribution in [0.2, 0.25) is 0 Å². The number of nitrogens with zero attached hydrogens (tertiary/aromatic N) is 3. The van der Waals surface area contributed by atoms with E-state index in [0.29, 0.717) is 36.6 Å². The quantitative estimate of drug-likeness (QED) is 0.301. The fourth-order valence-electron chi connectivity index (χ4n) is 5.60. The number of carbonyl (C=O) groups excluding carboxylic acids is 1. The molecule has 1 aliphatic rings. The number of amides is 1. The zero-order valence-corrected chi connectivity index (χ0v) is 25.4. The molecule has 0 saturated heterocycles. The van der Waals surface area contributed by atoms with E-state index in [2.05, 4.69) is 33.0 Å². The van der Waals surface area contributed by atoms with Gasteiger partial charge in [-0.1, -0.05) is 24.3 Å². The van der Waals surface area contributed by atoms with Crippen LogP contribution in [-0.2, 0) is 32.2 Å². The smallest absolute Gasteiger partial charge is 0.264 e. The van der Waals surface area contributed by atoms with Crippen molar-refractivity contribution < 1.29 is 9.18 Å². The van der Waals surface area contributed by atoms with Gasteiger partial charge in [-0.15, -0.1) is 11.3 Å². The molecule has 0 unspecified atom stereocenters. The van der Waals surface area contributed by atoms with Crippen LogP contribution in [0.15, 0.2) is 29.1 Å². The second kappa shape index (κ2) is 10.1. The molecule has 5 rings (SSSR count).